The van der Waals surface area contributed by atoms with Crippen LogP contribution in [0.4, 0.5) is 18.0 Å². The second-order valence-electron chi connectivity index (χ2n) is 7.73. The summed E-state index contributed by atoms with van der Waals surface area (Å²) in [6, 6.07) is -0.610. The van der Waals surface area contributed by atoms with Crippen LogP contribution in [0, 0.1) is 0 Å². The van der Waals surface area contributed by atoms with Crippen LogP contribution in [0.2, 0.25) is 0 Å². The average Bonchev–Trinajstić information content (AvgIpc) is 2.84. The number of amides is 4. The standard InChI is InChI=1S/C17H26F3N5O3/c18-17(19,20)12-24-10-8-23(9-11-24)7-4-13(26)22-25-14(27)16(21-15(25)28)5-2-1-3-6-16/h1-12H2,(H,21,28)(H,22,26). The van der Waals surface area contributed by atoms with E-state index in [-0.39, 0.29) is 19.5 Å². The Bertz CT molecular complexity index is 614. The number of hydrogen-bond acceptors (Lipinski definition) is 5. The fourth-order valence-corrected chi connectivity index (χ4v) is 4.08. The lowest BCUT2D eigenvalue weighted by Gasteiger charge is -2.34. The Morgan fingerprint density at radius 2 is 1.64 bits per heavy atom. The van der Waals surface area contributed by atoms with E-state index in [9.17, 15) is 27.6 Å². The first-order valence-corrected chi connectivity index (χ1v) is 9.66. The summed E-state index contributed by atoms with van der Waals surface area (Å²) in [5.74, 6) is -0.875. The van der Waals surface area contributed by atoms with Gasteiger partial charge in [-0.2, -0.15) is 18.2 Å². The van der Waals surface area contributed by atoms with Crippen LogP contribution in [0.25, 0.3) is 0 Å². The highest BCUT2D eigenvalue weighted by Gasteiger charge is 2.52. The van der Waals surface area contributed by atoms with Crippen molar-refractivity contribution in [3.8, 4) is 0 Å². The van der Waals surface area contributed by atoms with Gasteiger partial charge in [-0.25, -0.2) is 4.79 Å². The minimum absolute atomic E-state index is 0.0589. The number of halogens is 3. The van der Waals surface area contributed by atoms with E-state index >= 15 is 0 Å². The van der Waals surface area contributed by atoms with Crippen LogP contribution < -0.4 is 10.7 Å². The number of carbonyl (C=O) groups excluding carboxylic acids is 3. The molecule has 2 N–H and O–H groups in total. The quantitative estimate of drug-likeness (QED) is 0.663. The number of imide groups is 1. The van der Waals surface area contributed by atoms with Crippen molar-refractivity contribution in [1.82, 2.24) is 25.6 Å². The molecule has 2 saturated heterocycles. The first kappa shape index (κ1) is 20.8. The van der Waals surface area contributed by atoms with Crippen LogP contribution >= 0.6 is 0 Å². The van der Waals surface area contributed by atoms with E-state index in [4.69, 9.17) is 0 Å². The van der Waals surface area contributed by atoms with Gasteiger partial charge < -0.3 is 10.2 Å². The van der Waals surface area contributed by atoms with Crippen molar-refractivity contribution in [1.29, 1.82) is 0 Å². The van der Waals surface area contributed by atoms with Crippen molar-refractivity contribution in [2.75, 3.05) is 39.3 Å². The third kappa shape index (κ3) is 4.93. The zero-order chi connectivity index (χ0) is 20.4. The number of urea groups is 1. The summed E-state index contributed by atoms with van der Waals surface area (Å²) in [7, 11) is 0. The van der Waals surface area contributed by atoms with E-state index < -0.39 is 36.1 Å². The van der Waals surface area contributed by atoms with E-state index in [2.05, 4.69) is 10.7 Å². The van der Waals surface area contributed by atoms with Gasteiger partial charge >= 0.3 is 12.2 Å². The molecule has 2 heterocycles. The summed E-state index contributed by atoms with van der Waals surface area (Å²) < 4.78 is 37.2. The summed E-state index contributed by atoms with van der Waals surface area (Å²) in [4.78, 5) is 40.2. The molecule has 3 aliphatic rings. The number of rotatable bonds is 5. The summed E-state index contributed by atoms with van der Waals surface area (Å²) in [6.45, 7) is 0.897. The second-order valence-corrected chi connectivity index (χ2v) is 7.73. The Balaban J connectivity index is 1.41. The van der Waals surface area contributed by atoms with E-state index in [0.717, 1.165) is 24.3 Å². The summed E-state index contributed by atoms with van der Waals surface area (Å²) in [5.41, 5.74) is 1.48. The highest BCUT2D eigenvalue weighted by molar-refractivity contribution is 6.07. The van der Waals surface area contributed by atoms with Crippen molar-refractivity contribution in [2.45, 2.75) is 50.2 Å². The second kappa shape index (κ2) is 8.24. The van der Waals surface area contributed by atoms with Gasteiger partial charge in [0.15, 0.2) is 0 Å². The first-order chi connectivity index (χ1) is 13.2. The number of alkyl halides is 3. The van der Waals surface area contributed by atoms with Gasteiger partial charge in [-0.3, -0.25) is 19.9 Å². The molecule has 8 nitrogen and oxygen atoms in total. The fraction of sp³-hybridized carbons (Fsp3) is 0.824. The van der Waals surface area contributed by atoms with Crippen molar-refractivity contribution < 1.29 is 27.6 Å². The Morgan fingerprint density at radius 3 is 2.25 bits per heavy atom. The molecule has 4 amide bonds. The fourth-order valence-electron chi connectivity index (χ4n) is 4.08. The van der Waals surface area contributed by atoms with Gasteiger partial charge in [-0.1, -0.05) is 19.3 Å². The molecule has 0 aromatic rings. The van der Waals surface area contributed by atoms with E-state index in [1.165, 1.54) is 4.90 Å². The molecule has 0 atom stereocenters. The molecule has 1 aliphatic carbocycles. The highest BCUT2D eigenvalue weighted by atomic mass is 19.4. The molecule has 0 unspecified atom stereocenters. The van der Waals surface area contributed by atoms with Crippen molar-refractivity contribution >= 4 is 17.8 Å². The largest absolute Gasteiger partial charge is 0.401 e. The molecule has 2 aliphatic heterocycles. The third-order valence-electron chi connectivity index (χ3n) is 5.63. The van der Waals surface area contributed by atoms with Gasteiger partial charge in [0.05, 0.1) is 6.54 Å². The monoisotopic (exact) mass is 405 g/mol. The first-order valence-electron chi connectivity index (χ1n) is 9.66. The summed E-state index contributed by atoms with van der Waals surface area (Å²) in [5, 5.41) is 3.49. The molecular weight excluding hydrogens is 379 g/mol. The molecule has 158 valence electrons. The van der Waals surface area contributed by atoms with Crippen LogP contribution in [-0.4, -0.2) is 83.6 Å². The van der Waals surface area contributed by atoms with E-state index in [0.29, 0.717) is 32.5 Å². The minimum Gasteiger partial charge on any atom is -0.322 e. The molecule has 0 bridgehead atoms. The van der Waals surface area contributed by atoms with Gasteiger partial charge in [0.2, 0.25) is 5.91 Å². The number of hydrazine groups is 1. The normalized spacial score (nSPS) is 23.9. The third-order valence-corrected chi connectivity index (χ3v) is 5.63. The molecule has 1 saturated carbocycles. The van der Waals surface area contributed by atoms with Gasteiger partial charge in [0.25, 0.3) is 5.91 Å². The molecule has 0 aromatic carbocycles. The molecule has 1 spiro atoms. The van der Waals surface area contributed by atoms with Gasteiger partial charge in [0, 0.05) is 39.1 Å². The lowest BCUT2D eigenvalue weighted by atomic mass is 9.82. The molecule has 0 aromatic heterocycles. The van der Waals surface area contributed by atoms with E-state index in [1.54, 1.807) is 0 Å². The van der Waals surface area contributed by atoms with Crippen LogP contribution in [-0.2, 0) is 9.59 Å². The average molecular weight is 405 g/mol. The topological polar surface area (TPSA) is 85.0 Å². The number of hydrogen-bond donors (Lipinski definition) is 2. The van der Waals surface area contributed by atoms with Crippen molar-refractivity contribution in [2.24, 2.45) is 0 Å². The van der Waals surface area contributed by atoms with Crippen LogP contribution in [0.5, 0.6) is 0 Å². The van der Waals surface area contributed by atoms with Crippen LogP contribution in [0.1, 0.15) is 38.5 Å². The minimum atomic E-state index is -4.21. The van der Waals surface area contributed by atoms with Crippen LogP contribution in [0.15, 0.2) is 0 Å². The highest BCUT2D eigenvalue weighted by Crippen LogP contribution is 2.33. The van der Waals surface area contributed by atoms with Crippen molar-refractivity contribution in [3.63, 3.8) is 0 Å². The number of nitrogens with one attached hydrogen (secondary N) is 2. The van der Waals surface area contributed by atoms with E-state index in [1.807, 2.05) is 4.90 Å². The molecule has 0 radical (unpaired) electrons. The maximum absolute atomic E-state index is 12.6. The summed E-state index contributed by atoms with van der Waals surface area (Å²) in [6.07, 6.45) is -0.266. The SMILES string of the molecule is O=C(CCN1CCN(CC(F)(F)F)CC1)NN1C(=O)NC2(CCCCC2)C1=O. The number of carbonyl (C=O) groups is 3. The Kier molecular flexibility index (Phi) is 6.13. The molecular formula is C17H26F3N5O3. The molecule has 3 fully saturated rings. The Hall–Kier alpha value is -1.88. The molecule has 28 heavy (non-hydrogen) atoms. The zero-order valence-corrected chi connectivity index (χ0v) is 15.7. The maximum atomic E-state index is 12.6. The predicted molar refractivity (Wildman–Crippen MR) is 92.9 cm³/mol. The lowest BCUT2D eigenvalue weighted by molar-refractivity contribution is -0.149. The van der Waals surface area contributed by atoms with Crippen molar-refractivity contribution in [3.05, 3.63) is 0 Å². The van der Waals surface area contributed by atoms with Gasteiger partial charge in [0.1, 0.15) is 5.54 Å². The molecule has 11 heteroatoms. The lowest BCUT2D eigenvalue weighted by Crippen LogP contribution is -2.52. The van der Waals surface area contributed by atoms with Gasteiger partial charge in [-0.15, -0.1) is 0 Å². The maximum Gasteiger partial charge on any atom is 0.401 e. The Morgan fingerprint density at radius 1 is 1.04 bits per heavy atom. The Labute approximate surface area is 161 Å². The van der Waals surface area contributed by atoms with Gasteiger partial charge in [-0.05, 0) is 12.8 Å². The zero-order valence-electron chi connectivity index (χ0n) is 15.7. The van der Waals surface area contributed by atoms with Crippen LogP contribution in [0.3, 0.4) is 0 Å². The molecule has 3 rings (SSSR count). The number of piperazine rings is 1. The smallest absolute Gasteiger partial charge is 0.322 e. The summed E-state index contributed by atoms with van der Waals surface area (Å²) >= 11 is 0. The predicted octanol–water partition coefficient (Wildman–Crippen LogP) is 0.842. The number of nitrogens with zero attached hydrogens (tertiary/aromatic N) is 3.